The largest absolute Gasteiger partial charge is 0.367 e. The van der Waals surface area contributed by atoms with Crippen LogP contribution in [0.3, 0.4) is 0 Å². The molecule has 0 saturated carbocycles. The van der Waals surface area contributed by atoms with Gasteiger partial charge >= 0.3 is 0 Å². The number of hydrogen-bond donors (Lipinski definition) is 2. The van der Waals surface area contributed by atoms with Gasteiger partial charge in [0, 0.05) is 26.2 Å². The molecule has 2 aromatic rings. The summed E-state index contributed by atoms with van der Waals surface area (Å²) in [4.78, 5) is 25.9. The summed E-state index contributed by atoms with van der Waals surface area (Å²) in [5.74, 6) is -2.18. The van der Waals surface area contributed by atoms with Crippen molar-refractivity contribution in [2.45, 2.75) is 11.8 Å². The SMILES string of the molecule is CC1C(=O)Nc2ccc(S(=O)(=O)N3CCN(c4ccccc4F)CC3)cc2NC1=O. The highest BCUT2D eigenvalue weighted by molar-refractivity contribution is 7.89. The number of carbonyl (C=O) groups is 2. The van der Waals surface area contributed by atoms with Crippen LogP contribution in [0, 0.1) is 11.7 Å². The second-order valence-corrected chi connectivity index (χ2v) is 9.19. The number of sulfonamides is 1. The smallest absolute Gasteiger partial charge is 0.243 e. The van der Waals surface area contributed by atoms with E-state index in [1.54, 1.807) is 18.2 Å². The lowest BCUT2D eigenvalue weighted by molar-refractivity contribution is -0.128. The van der Waals surface area contributed by atoms with Crippen molar-refractivity contribution in [2.75, 3.05) is 41.7 Å². The number of amides is 2. The molecule has 1 saturated heterocycles. The van der Waals surface area contributed by atoms with E-state index in [-0.39, 0.29) is 29.5 Å². The molecule has 1 atom stereocenters. The van der Waals surface area contributed by atoms with Crippen LogP contribution in [-0.4, -0.2) is 50.7 Å². The number of halogens is 1. The van der Waals surface area contributed by atoms with Gasteiger partial charge in [-0.1, -0.05) is 12.1 Å². The molecule has 1 unspecified atom stereocenters. The molecule has 4 rings (SSSR count). The Hall–Kier alpha value is -2.98. The molecule has 158 valence electrons. The van der Waals surface area contributed by atoms with Gasteiger partial charge in [0.25, 0.3) is 0 Å². The zero-order chi connectivity index (χ0) is 21.5. The second-order valence-electron chi connectivity index (χ2n) is 7.25. The Morgan fingerprint density at radius 3 is 2.23 bits per heavy atom. The van der Waals surface area contributed by atoms with E-state index in [2.05, 4.69) is 10.6 Å². The molecule has 2 aromatic carbocycles. The van der Waals surface area contributed by atoms with E-state index in [1.807, 2.05) is 4.90 Å². The third-order valence-electron chi connectivity index (χ3n) is 5.36. The number of benzene rings is 2. The molecule has 0 aliphatic carbocycles. The van der Waals surface area contributed by atoms with Crippen molar-refractivity contribution in [3.63, 3.8) is 0 Å². The molecule has 2 heterocycles. The van der Waals surface area contributed by atoms with Crippen molar-refractivity contribution < 1.29 is 22.4 Å². The molecule has 0 aromatic heterocycles. The van der Waals surface area contributed by atoms with Crippen LogP contribution in [0.2, 0.25) is 0 Å². The van der Waals surface area contributed by atoms with Crippen LogP contribution in [0.5, 0.6) is 0 Å². The van der Waals surface area contributed by atoms with E-state index in [0.29, 0.717) is 24.5 Å². The van der Waals surface area contributed by atoms with Crippen molar-refractivity contribution in [2.24, 2.45) is 5.92 Å². The summed E-state index contributed by atoms with van der Waals surface area (Å²) in [5, 5.41) is 5.21. The highest BCUT2D eigenvalue weighted by atomic mass is 32.2. The number of nitrogens with one attached hydrogen (secondary N) is 2. The fourth-order valence-electron chi connectivity index (χ4n) is 3.52. The fourth-order valence-corrected chi connectivity index (χ4v) is 4.97. The standard InChI is InChI=1S/C20H21FN4O4S/c1-13-19(26)22-16-7-6-14(12-17(16)23-20(13)27)30(28,29)25-10-8-24(9-11-25)18-5-3-2-4-15(18)21/h2-7,12-13H,8-11H2,1H3,(H,22,26)(H,23,27). The molecular formula is C20H21FN4O4S. The van der Waals surface area contributed by atoms with E-state index in [0.717, 1.165) is 0 Å². The van der Waals surface area contributed by atoms with Crippen molar-refractivity contribution in [3.8, 4) is 0 Å². The number of piperazine rings is 1. The van der Waals surface area contributed by atoms with Gasteiger partial charge in [-0.05, 0) is 37.3 Å². The molecule has 2 aliphatic rings. The van der Waals surface area contributed by atoms with Crippen LogP contribution < -0.4 is 15.5 Å². The van der Waals surface area contributed by atoms with E-state index >= 15 is 0 Å². The maximum absolute atomic E-state index is 14.0. The van der Waals surface area contributed by atoms with Gasteiger partial charge in [-0.15, -0.1) is 0 Å². The minimum atomic E-state index is -3.82. The molecule has 2 N–H and O–H groups in total. The molecule has 30 heavy (non-hydrogen) atoms. The van der Waals surface area contributed by atoms with Gasteiger partial charge in [0.1, 0.15) is 11.7 Å². The van der Waals surface area contributed by atoms with Crippen molar-refractivity contribution in [3.05, 3.63) is 48.3 Å². The summed E-state index contributed by atoms with van der Waals surface area (Å²) in [6.45, 7) is 2.59. The summed E-state index contributed by atoms with van der Waals surface area (Å²) in [6, 6.07) is 10.6. The molecule has 0 spiro atoms. The number of anilines is 3. The molecule has 1 fully saturated rings. The lowest BCUT2D eigenvalue weighted by Crippen LogP contribution is -2.48. The average molecular weight is 432 g/mol. The number of rotatable bonds is 3. The Bertz CT molecular complexity index is 1110. The number of fused-ring (bicyclic) bond motifs is 1. The molecule has 0 radical (unpaired) electrons. The Kier molecular flexibility index (Phi) is 5.20. The number of nitrogens with zero attached hydrogens (tertiary/aromatic N) is 2. The van der Waals surface area contributed by atoms with Gasteiger partial charge in [0.2, 0.25) is 21.8 Å². The van der Waals surface area contributed by atoms with Gasteiger partial charge in [-0.3, -0.25) is 9.59 Å². The molecule has 2 aliphatic heterocycles. The summed E-state index contributed by atoms with van der Waals surface area (Å²) in [6.07, 6.45) is 0. The van der Waals surface area contributed by atoms with E-state index in [1.165, 1.54) is 35.5 Å². The zero-order valence-corrected chi connectivity index (χ0v) is 17.1. The maximum atomic E-state index is 14.0. The van der Waals surface area contributed by atoms with Crippen LogP contribution in [-0.2, 0) is 19.6 Å². The topological polar surface area (TPSA) is 98.8 Å². The maximum Gasteiger partial charge on any atom is 0.243 e. The molecular weight excluding hydrogens is 411 g/mol. The van der Waals surface area contributed by atoms with Crippen LogP contribution in [0.15, 0.2) is 47.4 Å². The van der Waals surface area contributed by atoms with Gasteiger partial charge in [-0.25, -0.2) is 12.8 Å². The van der Waals surface area contributed by atoms with Crippen LogP contribution >= 0.6 is 0 Å². The fraction of sp³-hybridized carbons (Fsp3) is 0.300. The first kappa shape index (κ1) is 20.3. The summed E-state index contributed by atoms with van der Waals surface area (Å²) >= 11 is 0. The Morgan fingerprint density at radius 1 is 0.933 bits per heavy atom. The minimum Gasteiger partial charge on any atom is -0.367 e. The number of hydrogen-bond acceptors (Lipinski definition) is 5. The van der Waals surface area contributed by atoms with Gasteiger partial charge < -0.3 is 15.5 Å². The Morgan fingerprint density at radius 2 is 1.57 bits per heavy atom. The normalized spacial score (nSPS) is 20.2. The Balaban J connectivity index is 1.54. The lowest BCUT2D eigenvalue weighted by atomic mass is 10.1. The predicted molar refractivity (Wildman–Crippen MR) is 110 cm³/mol. The van der Waals surface area contributed by atoms with E-state index in [4.69, 9.17) is 0 Å². The third-order valence-corrected chi connectivity index (χ3v) is 7.26. The molecule has 10 heteroatoms. The third kappa shape index (κ3) is 3.63. The first-order valence-corrected chi connectivity index (χ1v) is 11.0. The number of carbonyl (C=O) groups excluding carboxylic acids is 2. The van der Waals surface area contributed by atoms with Crippen molar-refractivity contribution in [1.29, 1.82) is 0 Å². The van der Waals surface area contributed by atoms with Gasteiger partial charge in [-0.2, -0.15) is 4.31 Å². The molecule has 8 nitrogen and oxygen atoms in total. The van der Waals surface area contributed by atoms with Crippen LogP contribution in [0.4, 0.5) is 21.5 Å². The highest BCUT2D eigenvalue weighted by Crippen LogP contribution is 2.31. The zero-order valence-electron chi connectivity index (χ0n) is 16.3. The highest BCUT2D eigenvalue weighted by Gasteiger charge is 2.31. The number of para-hydroxylation sites is 1. The summed E-state index contributed by atoms with van der Waals surface area (Å²) in [5.41, 5.74) is 1.04. The monoisotopic (exact) mass is 432 g/mol. The quantitative estimate of drug-likeness (QED) is 0.722. The van der Waals surface area contributed by atoms with Crippen molar-refractivity contribution in [1.82, 2.24) is 4.31 Å². The predicted octanol–water partition coefficient (Wildman–Crippen LogP) is 1.86. The second kappa shape index (κ2) is 7.69. The summed E-state index contributed by atoms with van der Waals surface area (Å²) in [7, 11) is -3.82. The minimum absolute atomic E-state index is 0.0182. The van der Waals surface area contributed by atoms with Gasteiger partial charge in [0.15, 0.2) is 0 Å². The Labute approximate surface area is 173 Å². The average Bonchev–Trinajstić information content (AvgIpc) is 2.84. The van der Waals surface area contributed by atoms with Crippen molar-refractivity contribution >= 4 is 38.9 Å². The van der Waals surface area contributed by atoms with Crippen LogP contribution in [0.1, 0.15) is 6.92 Å². The molecule has 0 bridgehead atoms. The van der Waals surface area contributed by atoms with Crippen LogP contribution in [0.25, 0.3) is 0 Å². The van der Waals surface area contributed by atoms with Gasteiger partial charge in [0.05, 0.1) is 22.0 Å². The first-order chi connectivity index (χ1) is 14.3. The lowest BCUT2D eigenvalue weighted by Gasteiger charge is -2.35. The van der Waals surface area contributed by atoms with E-state index in [9.17, 15) is 22.4 Å². The molecule has 2 amide bonds. The van der Waals surface area contributed by atoms with E-state index < -0.39 is 27.8 Å². The summed E-state index contributed by atoms with van der Waals surface area (Å²) < 4.78 is 41.6. The first-order valence-electron chi connectivity index (χ1n) is 9.53.